The quantitative estimate of drug-likeness (QED) is 0.698. The zero-order chi connectivity index (χ0) is 9.68. The third kappa shape index (κ3) is 3.39. The van der Waals surface area contributed by atoms with Gasteiger partial charge in [-0.05, 0) is 6.92 Å². The Balaban J connectivity index is 2.30. The SMILES string of the molecule is CONC(=O)CNc1nc(C)cs1. The van der Waals surface area contributed by atoms with Crippen LogP contribution < -0.4 is 10.8 Å². The van der Waals surface area contributed by atoms with Gasteiger partial charge in [-0.25, -0.2) is 10.5 Å². The second kappa shape index (κ2) is 4.78. The zero-order valence-corrected chi connectivity index (χ0v) is 8.27. The van der Waals surface area contributed by atoms with Crippen molar-refractivity contribution >= 4 is 22.4 Å². The topological polar surface area (TPSA) is 63.2 Å². The van der Waals surface area contributed by atoms with E-state index in [-0.39, 0.29) is 12.5 Å². The fraction of sp³-hybridized carbons (Fsp3) is 0.429. The first kappa shape index (κ1) is 9.94. The molecule has 0 aromatic carbocycles. The monoisotopic (exact) mass is 201 g/mol. The number of aryl methyl sites for hydroxylation is 1. The Morgan fingerprint density at radius 3 is 3.08 bits per heavy atom. The molecular formula is C7H11N3O2S. The second-order valence-electron chi connectivity index (χ2n) is 2.38. The van der Waals surface area contributed by atoms with Crippen molar-refractivity contribution in [2.75, 3.05) is 19.0 Å². The number of carbonyl (C=O) groups is 1. The molecule has 0 unspecified atom stereocenters. The molecule has 0 aliphatic heterocycles. The lowest BCUT2D eigenvalue weighted by molar-refractivity contribution is -0.129. The molecule has 13 heavy (non-hydrogen) atoms. The van der Waals surface area contributed by atoms with Crippen molar-refractivity contribution in [2.24, 2.45) is 0 Å². The van der Waals surface area contributed by atoms with Gasteiger partial charge in [0.05, 0.1) is 19.3 Å². The van der Waals surface area contributed by atoms with E-state index in [2.05, 4.69) is 20.6 Å². The first-order valence-corrected chi connectivity index (χ1v) is 4.58. The molecule has 0 aliphatic rings. The number of aromatic nitrogens is 1. The first-order chi connectivity index (χ1) is 6.22. The summed E-state index contributed by atoms with van der Waals surface area (Å²) in [7, 11) is 1.39. The summed E-state index contributed by atoms with van der Waals surface area (Å²) in [5, 5.41) is 5.52. The lowest BCUT2D eigenvalue weighted by atomic mass is 10.6. The van der Waals surface area contributed by atoms with E-state index in [4.69, 9.17) is 0 Å². The van der Waals surface area contributed by atoms with Crippen LogP contribution in [0.2, 0.25) is 0 Å². The number of thiazole rings is 1. The molecule has 2 N–H and O–H groups in total. The summed E-state index contributed by atoms with van der Waals surface area (Å²) in [6.45, 7) is 2.07. The van der Waals surface area contributed by atoms with Crippen molar-refractivity contribution in [2.45, 2.75) is 6.92 Å². The van der Waals surface area contributed by atoms with E-state index in [1.54, 1.807) is 0 Å². The van der Waals surface area contributed by atoms with Gasteiger partial charge < -0.3 is 5.32 Å². The lowest BCUT2D eigenvalue weighted by Crippen LogP contribution is -2.28. The largest absolute Gasteiger partial charge is 0.352 e. The molecule has 0 saturated heterocycles. The highest BCUT2D eigenvalue weighted by molar-refractivity contribution is 7.13. The summed E-state index contributed by atoms with van der Waals surface area (Å²) in [4.78, 5) is 19.5. The van der Waals surface area contributed by atoms with Crippen LogP contribution in [0.25, 0.3) is 0 Å². The summed E-state index contributed by atoms with van der Waals surface area (Å²) in [5.74, 6) is -0.227. The van der Waals surface area contributed by atoms with Gasteiger partial charge in [0, 0.05) is 5.38 Å². The highest BCUT2D eigenvalue weighted by atomic mass is 32.1. The highest BCUT2D eigenvalue weighted by Crippen LogP contribution is 2.13. The molecule has 1 heterocycles. The Hall–Kier alpha value is -1.14. The molecule has 6 heteroatoms. The molecule has 1 rings (SSSR count). The zero-order valence-electron chi connectivity index (χ0n) is 7.46. The summed E-state index contributed by atoms with van der Waals surface area (Å²) < 4.78 is 0. The number of rotatable bonds is 4. The van der Waals surface area contributed by atoms with Crippen molar-refractivity contribution < 1.29 is 9.63 Å². The van der Waals surface area contributed by atoms with Crippen LogP contribution >= 0.6 is 11.3 Å². The standard InChI is InChI=1S/C7H11N3O2S/c1-5-4-13-7(9-5)8-3-6(11)10-12-2/h4H,3H2,1-2H3,(H,8,9)(H,10,11). The van der Waals surface area contributed by atoms with Crippen LogP contribution in [0.15, 0.2) is 5.38 Å². The van der Waals surface area contributed by atoms with Crippen LogP contribution in [0.3, 0.4) is 0 Å². The van der Waals surface area contributed by atoms with E-state index in [0.717, 1.165) is 10.8 Å². The van der Waals surface area contributed by atoms with E-state index >= 15 is 0 Å². The maximum absolute atomic E-state index is 10.9. The summed E-state index contributed by atoms with van der Waals surface area (Å²) in [6.07, 6.45) is 0. The second-order valence-corrected chi connectivity index (χ2v) is 3.24. The summed E-state index contributed by atoms with van der Waals surface area (Å²) >= 11 is 1.47. The van der Waals surface area contributed by atoms with Gasteiger partial charge >= 0.3 is 0 Å². The molecule has 1 aromatic heterocycles. The van der Waals surface area contributed by atoms with Crippen molar-refractivity contribution in [3.63, 3.8) is 0 Å². The molecular weight excluding hydrogens is 190 g/mol. The number of nitrogens with zero attached hydrogens (tertiary/aromatic N) is 1. The molecule has 0 bridgehead atoms. The van der Waals surface area contributed by atoms with Gasteiger partial charge in [0.1, 0.15) is 0 Å². The van der Waals surface area contributed by atoms with Crippen molar-refractivity contribution in [1.82, 2.24) is 10.5 Å². The van der Waals surface area contributed by atoms with Crippen LogP contribution in [0.5, 0.6) is 0 Å². The lowest BCUT2D eigenvalue weighted by Gasteiger charge is -2.01. The molecule has 0 radical (unpaired) electrons. The third-order valence-corrected chi connectivity index (χ3v) is 2.15. The Morgan fingerprint density at radius 1 is 1.77 bits per heavy atom. The minimum Gasteiger partial charge on any atom is -0.352 e. The Morgan fingerprint density at radius 2 is 2.54 bits per heavy atom. The average molecular weight is 201 g/mol. The summed E-state index contributed by atoms with van der Waals surface area (Å²) in [6, 6.07) is 0. The van der Waals surface area contributed by atoms with Gasteiger partial charge in [0.25, 0.3) is 5.91 Å². The number of hydrogen-bond donors (Lipinski definition) is 2. The minimum atomic E-state index is -0.227. The smallest absolute Gasteiger partial charge is 0.262 e. The number of amides is 1. The molecule has 1 aromatic rings. The number of anilines is 1. The maximum Gasteiger partial charge on any atom is 0.262 e. The van der Waals surface area contributed by atoms with Gasteiger partial charge in [-0.15, -0.1) is 11.3 Å². The van der Waals surface area contributed by atoms with Gasteiger partial charge in [0.15, 0.2) is 5.13 Å². The molecule has 0 fully saturated rings. The van der Waals surface area contributed by atoms with E-state index in [1.807, 2.05) is 12.3 Å². The van der Waals surface area contributed by atoms with Crippen LogP contribution in [-0.4, -0.2) is 24.5 Å². The number of nitrogens with one attached hydrogen (secondary N) is 2. The van der Waals surface area contributed by atoms with E-state index in [1.165, 1.54) is 18.4 Å². The van der Waals surface area contributed by atoms with E-state index < -0.39 is 0 Å². The predicted octanol–water partition coefficient (Wildman–Crippen LogP) is 0.541. The first-order valence-electron chi connectivity index (χ1n) is 3.70. The van der Waals surface area contributed by atoms with Gasteiger partial charge in [-0.2, -0.15) is 0 Å². The predicted molar refractivity (Wildman–Crippen MR) is 50.5 cm³/mol. The third-order valence-electron chi connectivity index (χ3n) is 1.24. The van der Waals surface area contributed by atoms with Gasteiger partial charge in [0.2, 0.25) is 0 Å². The van der Waals surface area contributed by atoms with Gasteiger partial charge in [-0.3, -0.25) is 9.63 Å². The molecule has 1 amide bonds. The van der Waals surface area contributed by atoms with Crippen LogP contribution in [0.1, 0.15) is 5.69 Å². The fourth-order valence-corrected chi connectivity index (χ4v) is 1.43. The van der Waals surface area contributed by atoms with Crippen molar-refractivity contribution in [1.29, 1.82) is 0 Å². The van der Waals surface area contributed by atoms with Crippen LogP contribution in [-0.2, 0) is 9.63 Å². The number of hydrogen-bond acceptors (Lipinski definition) is 5. The molecule has 0 saturated carbocycles. The molecule has 0 spiro atoms. The Labute approximate surface area is 80.1 Å². The number of carbonyl (C=O) groups excluding carboxylic acids is 1. The minimum absolute atomic E-state index is 0.167. The molecule has 0 aliphatic carbocycles. The average Bonchev–Trinajstić information content (AvgIpc) is 2.49. The van der Waals surface area contributed by atoms with Gasteiger partial charge in [-0.1, -0.05) is 0 Å². The van der Waals surface area contributed by atoms with Crippen molar-refractivity contribution in [3.8, 4) is 0 Å². The van der Waals surface area contributed by atoms with Crippen LogP contribution in [0.4, 0.5) is 5.13 Å². The normalized spacial score (nSPS) is 9.69. The van der Waals surface area contributed by atoms with Crippen LogP contribution in [0, 0.1) is 6.92 Å². The molecule has 5 nitrogen and oxygen atoms in total. The van der Waals surface area contributed by atoms with E-state index in [0.29, 0.717) is 0 Å². The maximum atomic E-state index is 10.9. The highest BCUT2D eigenvalue weighted by Gasteiger charge is 2.01. The number of hydroxylamine groups is 1. The van der Waals surface area contributed by atoms with Crippen molar-refractivity contribution in [3.05, 3.63) is 11.1 Å². The van der Waals surface area contributed by atoms with E-state index in [9.17, 15) is 4.79 Å². The Kier molecular flexibility index (Phi) is 3.66. The molecule has 72 valence electrons. The summed E-state index contributed by atoms with van der Waals surface area (Å²) in [5.41, 5.74) is 3.14. The molecule has 0 atom stereocenters. The Bertz CT molecular complexity index is 287. The fourth-order valence-electron chi connectivity index (χ4n) is 0.741.